The van der Waals surface area contributed by atoms with Crippen LogP contribution in [0.4, 0.5) is 0 Å². The molecule has 84 valence electrons. The maximum absolute atomic E-state index is 5.86. The lowest BCUT2D eigenvalue weighted by Crippen LogP contribution is -1.99. The average molecular weight is 245 g/mol. The van der Waals surface area contributed by atoms with Gasteiger partial charge in [0.2, 0.25) is 0 Å². The Morgan fingerprint density at radius 1 is 1.00 bits per heavy atom. The van der Waals surface area contributed by atoms with Crippen molar-refractivity contribution in [3.63, 3.8) is 0 Å². The molecular weight excluding hydrogens is 236 g/mol. The van der Waals surface area contributed by atoms with E-state index in [1.807, 2.05) is 30.3 Å². The predicted molar refractivity (Wildman–Crippen MR) is 65.0 cm³/mol. The average Bonchev–Trinajstić information content (AvgIpc) is 2.73. The van der Waals surface area contributed by atoms with Crippen LogP contribution in [0.2, 0.25) is 5.15 Å². The first-order chi connectivity index (χ1) is 8.33. The summed E-state index contributed by atoms with van der Waals surface area (Å²) in [6, 6.07) is 13.6. The summed E-state index contributed by atoms with van der Waals surface area (Å²) in [7, 11) is 0. The number of fused-ring (bicyclic) bond motifs is 1. The highest BCUT2D eigenvalue weighted by Gasteiger charge is 2.07. The summed E-state index contributed by atoms with van der Waals surface area (Å²) in [6.45, 7) is 0. The third-order valence-corrected chi connectivity index (χ3v) is 2.70. The minimum Gasteiger partial charge on any atom is -0.196 e. The van der Waals surface area contributed by atoms with E-state index < -0.39 is 0 Å². The van der Waals surface area contributed by atoms with Gasteiger partial charge in [-0.1, -0.05) is 41.9 Å². The van der Waals surface area contributed by atoms with Crippen LogP contribution in [-0.2, 0) is 6.42 Å². The Bertz CT molecular complexity index is 648. The molecule has 0 bridgehead atoms. The van der Waals surface area contributed by atoms with Gasteiger partial charge in [-0.05, 0) is 17.7 Å². The van der Waals surface area contributed by atoms with Crippen molar-refractivity contribution in [1.29, 1.82) is 0 Å². The number of rotatable bonds is 2. The molecule has 3 rings (SSSR count). The van der Waals surface area contributed by atoms with Crippen LogP contribution in [0.5, 0.6) is 0 Å². The molecule has 0 saturated carbocycles. The normalized spacial score (nSPS) is 10.9. The molecule has 0 saturated heterocycles. The van der Waals surface area contributed by atoms with Crippen molar-refractivity contribution in [3.8, 4) is 0 Å². The SMILES string of the molecule is Clc1ccc2nnc(Cc3ccccc3)n2n1. The van der Waals surface area contributed by atoms with Gasteiger partial charge in [0.05, 0.1) is 0 Å². The summed E-state index contributed by atoms with van der Waals surface area (Å²) in [5.74, 6) is 0.786. The molecule has 3 aromatic rings. The van der Waals surface area contributed by atoms with Crippen LogP contribution >= 0.6 is 11.6 Å². The van der Waals surface area contributed by atoms with Gasteiger partial charge in [-0.2, -0.15) is 9.61 Å². The summed E-state index contributed by atoms with van der Waals surface area (Å²) in [5, 5.41) is 12.8. The van der Waals surface area contributed by atoms with Gasteiger partial charge in [-0.15, -0.1) is 10.2 Å². The molecule has 5 heteroatoms. The van der Waals surface area contributed by atoms with Crippen LogP contribution in [0.1, 0.15) is 11.4 Å². The van der Waals surface area contributed by atoms with Crippen LogP contribution in [-0.4, -0.2) is 19.8 Å². The minimum atomic E-state index is 0.437. The van der Waals surface area contributed by atoms with Crippen LogP contribution < -0.4 is 0 Å². The fourth-order valence-corrected chi connectivity index (χ4v) is 1.84. The van der Waals surface area contributed by atoms with Gasteiger partial charge in [0.15, 0.2) is 11.5 Å². The van der Waals surface area contributed by atoms with Crippen LogP contribution in [0.25, 0.3) is 5.65 Å². The molecule has 0 fully saturated rings. The van der Waals surface area contributed by atoms with Crippen LogP contribution in [0.15, 0.2) is 42.5 Å². The summed E-state index contributed by atoms with van der Waals surface area (Å²) in [6.07, 6.45) is 0.690. The highest BCUT2D eigenvalue weighted by Crippen LogP contribution is 2.10. The van der Waals surface area contributed by atoms with E-state index in [0.29, 0.717) is 17.2 Å². The Balaban J connectivity index is 2.03. The van der Waals surface area contributed by atoms with Crippen molar-refractivity contribution in [2.24, 2.45) is 0 Å². The molecule has 0 unspecified atom stereocenters. The Morgan fingerprint density at radius 3 is 2.65 bits per heavy atom. The maximum atomic E-state index is 5.86. The zero-order valence-electron chi connectivity index (χ0n) is 8.92. The van der Waals surface area contributed by atoms with Gasteiger partial charge in [-0.3, -0.25) is 0 Å². The lowest BCUT2D eigenvalue weighted by molar-refractivity contribution is 0.838. The molecule has 2 aromatic heterocycles. The molecular formula is C12H9ClN4. The number of benzene rings is 1. The number of hydrogen-bond donors (Lipinski definition) is 0. The molecule has 17 heavy (non-hydrogen) atoms. The molecule has 0 aliphatic heterocycles. The first-order valence-corrected chi connectivity index (χ1v) is 5.61. The third kappa shape index (κ3) is 1.99. The van der Waals surface area contributed by atoms with Crippen molar-refractivity contribution in [1.82, 2.24) is 19.8 Å². The summed E-state index contributed by atoms with van der Waals surface area (Å²) < 4.78 is 1.68. The Morgan fingerprint density at radius 2 is 1.82 bits per heavy atom. The van der Waals surface area contributed by atoms with Gasteiger partial charge in [0.25, 0.3) is 0 Å². The van der Waals surface area contributed by atoms with E-state index in [-0.39, 0.29) is 0 Å². The summed E-state index contributed by atoms with van der Waals surface area (Å²) in [5.41, 5.74) is 1.88. The molecule has 0 amide bonds. The molecule has 0 radical (unpaired) electrons. The first kappa shape index (κ1) is 10.2. The topological polar surface area (TPSA) is 43.1 Å². The second-order valence-corrected chi connectivity index (χ2v) is 4.09. The van der Waals surface area contributed by atoms with Crippen molar-refractivity contribution < 1.29 is 0 Å². The van der Waals surface area contributed by atoms with E-state index in [9.17, 15) is 0 Å². The van der Waals surface area contributed by atoms with Gasteiger partial charge in [-0.25, -0.2) is 0 Å². The van der Waals surface area contributed by atoms with Crippen molar-refractivity contribution in [2.45, 2.75) is 6.42 Å². The molecule has 0 aliphatic carbocycles. The Labute approximate surface area is 103 Å². The largest absolute Gasteiger partial charge is 0.196 e. The highest BCUT2D eigenvalue weighted by atomic mass is 35.5. The van der Waals surface area contributed by atoms with E-state index in [2.05, 4.69) is 15.3 Å². The fourth-order valence-electron chi connectivity index (χ4n) is 1.70. The standard InChI is InChI=1S/C12H9ClN4/c13-10-6-7-11-14-15-12(17(11)16-10)8-9-4-2-1-3-5-9/h1-7H,8H2. The van der Waals surface area contributed by atoms with Crippen LogP contribution in [0, 0.1) is 0 Å². The highest BCUT2D eigenvalue weighted by molar-refractivity contribution is 6.29. The van der Waals surface area contributed by atoms with E-state index >= 15 is 0 Å². The predicted octanol–water partition coefficient (Wildman–Crippen LogP) is 2.37. The molecule has 2 heterocycles. The monoisotopic (exact) mass is 244 g/mol. The summed E-state index contributed by atoms with van der Waals surface area (Å²) >= 11 is 5.86. The van der Waals surface area contributed by atoms with Crippen molar-refractivity contribution in [3.05, 3.63) is 59.0 Å². The molecule has 4 nitrogen and oxygen atoms in total. The Kier molecular flexibility index (Phi) is 2.49. The van der Waals surface area contributed by atoms with Gasteiger partial charge in [0, 0.05) is 6.42 Å². The van der Waals surface area contributed by atoms with E-state index in [4.69, 9.17) is 11.6 Å². The number of halogens is 1. The maximum Gasteiger partial charge on any atom is 0.178 e. The molecule has 1 aromatic carbocycles. The smallest absolute Gasteiger partial charge is 0.178 e. The second-order valence-electron chi connectivity index (χ2n) is 3.70. The van der Waals surface area contributed by atoms with E-state index in [0.717, 1.165) is 5.82 Å². The number of nitrogens with zero attached hydrogens (tertiary/aromatic N) is 4. The number of hydrogen-bond acceptors (Lipinski definition) is 3. The third-order valence-electron chi connectivity index (χ3n) is 2.50. The molecule has 0 spiro atoms. The zero-order valence-corrected chi connectivity index (χ0v) is 9.67. The fraction of sp³-hybridized carbons (Fsp3) is 0.0833. The Hall–Kier alpha value is -1.94. The second kappa shape index (κ2) is 4.14. The summed E-state index contributed by atoms with van der Waals surface area (Å²) in [4.78, 5) is 0. The molecule has 0 aliphatic rings. The minimum absolute atomic E-state index is 0.437. The lowest BCUT2D eigenvalue weighted by Gasteiger charge is -1.99. The van der Waals surface area contributed by atoms with E-state index in [1.165, 1.54) is 5.56 Å². The van der Waals surface area contributed by atoms with E-state index in [1.54, 1.807) is 16.6 Å². The van der Waals surface area contributed by atoms with Gasteiger partial charge >= 0.3 is 0 Å². The van der Waals surface area contributed by atoms with Crippen LogP contribution in [0.3, 0.4) is 0 Å². The van der Waals surface area contributed by atoms with Gasteiger partial charge in [0.1, 0.15) is 5.15 Å². The first-order valence-electron chi connectivity index (χ1n) is 5.24. The zero-order chi connectivity index (χ0) is 11.7. The number of aromatic nitrogens is 4. The van der Waals surface area contributed by atoms with Crippen molar-refractivity contribution in [2.75, 3.05) is 0 Å². The van der Waals surface area contributed by atoms with Gasteiger partial charge < -0.3 is 0 Å². The molecule has 0 atom stereocenters. The molecule has 0 N–H and O–H groups in total. The quantitative estimate of drug-likeness (QED) is 0.695. The van der Waals surface area contributed by atoms with Crippen molar-refractivity contribution >= 4 is 17.2 Å². The lowest BCUT2D eigenvalue weighted by atomic mass is 10.1.